The van der Waals surface area contributed by atoms with Crippen LogP contribution in [0.2, 0.25) is 0 Å². The zero-order chi connectivity index (χ0) is 30.4. The molecule has 0 heterocycles. The molecular weight excluding hydrogens is 536 g/mol. The molecule has 0 unspecified atom stereocenters. The van der Waals surface area contributed by atoms with Gasteiger partial charge in [-0.25, -0.2) is 21.5 Å². The van der Waals surface area contributed by atoms with Crippen molar-refractivity contribution in [2.75, 3.05) is 30.7 Å². The minimum atomic E-state index is -0.853. The average molecular weight is 567 g/mol. The molecule has 9 N–H and O–H groups in total. The van der Waals surface area contributed by atoms with Crippen LogP contribution in [0.3, 0.4) is 0 Å². The van der Waals surface area contributed by atoms with Crippen molar-refractivity contribution < 1.29 is 23.9 Å². The lowest BCUT2D eigenvalue weighted by molar-refractivity contribution is 0.0974. The second-order valence-corrected chi connectivity index (χ2v) is 9.03. The molecule has 0 saturated carbocycles. The van der Waals surface area contributed by atoms with Gasteiger partial charge in [0.25, 0.3) is 0 Å². The summed E-state index contributed by atoms with van der Waals surface area (Å²) in [4.78, 5) is 38.1. The number of urea groups is 1. The molecule has 0 aliphatic heterocycles. The number of anilines is 3. The number of hydrogen-bond acceptors (Lipinski definition) is 9. The summed E-state index contributed by atoms with van der Waals surface area (Å²) in [6, 6.07) is 22.3. The van der Waals surface area contributed by atoms with Gasteiger partial charge in [-0.15, -0.1) is 0 Å². The molecule has 2 amide bonds. The maximum absolute atomic E-state index is 13.1. The SMILES string of the molecule is COc1cccc2c1C(=O)c1c(OC)ccc(N(N)C(=O)NN)c1C2=O.Nc1ccc(N)c(C=Cc2ccccc2)c1. The smallest absolute Gasteiger partial charge is 0.350 e. The van der Waals surface area contributed by atoms with Crippen LogP contribution in [0, 0.1) is 0 Å². The fourth-order valence-electron chi connectivity index (χ4n) is 4.45. The van der Waals surface area contributed by atoms with E-state index in [2.05, 4.69) is 0 Å². The van der Waals surface area contributed by atoms with E-state index in [1.807, 2.05) is 60.0 Å². The van der Waals surface area contributed by atoms with Crippen molar-refractivity contribution in [1.29, 1.82) is 0 Å². The Kier molecular flexibility index (Phi) is 8.86. The minimum absolute atomic E-state index is 0.00673. The number of rotatable bonds is 5. The number of nitrogen functional groups attached to an aromatic ring is 2. The Bertz CT molecular complexity index is 1690. The van der Waals surface area contributed by atoms with Crippen LogP contribution in [-0.4, -0.2) is 31.8 Å². The predicted octanol–water partition coefficient (Wildman–Crippen LogP) is 3.76. The highest BCUT2D eigenvalue weighted by Gasteiger charge is 2.38. The van der Waals surface area contributed by atoms with Crippen LogP contribution in [0.5, 0.6) is 11.5 Å². The second-order valence-electron chi connectivity index (χ2n) is 9.03. The molecule has 1 aliphatic rings. The van der Waals surface area contributed by atoms with Crippen molar-refractivity contribution in [2.24, 2.45) is 11.7 Å². The number of amides is 2. The molecule has 0 radical (unpaired) electrons. The van der Waals surface area contributed by atoms with Crippen molar-refractivity contribution in [3.8, 4) is 11.5 Å². The molecule has 0 fully saturated rings. The van der Waals surface area contributed by atoms with Gasteiger partial charge in [0.15, 0.2) is 5.78 Å². The summed E-state index contributed by atoms with van der Waals surface area (Å²) in [6.07, 6.45) is 3.99. The van der Waals surface area contributed by atoms with E-state index in [0.29, 0.717) is 5.01 Å². The molecule has 42 heavy (non-hydrogen) atoms. The molecule has 5 rings (SSSR count). The number of carbonyl (C=O) groups excluding carboxylic acids is 3. The van der Waals surface area contributed by atoms with Crippen molar-refractivity contribution in [3.05, 3.63) is 112 Å². The number of ether oxygens (including phenoxy) is 2. The van der Waals surface area contributed by atoms with Gasteiger partial charge in [-0.2, -0.15) is 0 Å². The second kappa shape index (κ2) is 12.7. The number of nitrogens with one attached hydrogen (secondary N) is 1. The van der Waals surface area contributed by atoms with Gasteiger partial charge in [0.1, 0.15) is 11.5 Å². The van der Waals surface area contributed by atoms with Gasteiger partial charge < -0.3 is 20.9 Å². The maximum Gasteiger partial charge on any atom is 0.350 e. The Hall–Kier alpha value is -5.65. The molecular formula is C31H30N6O5. The number of carbonyl (C=O) groups is 3. The predicted molar refractivity (Wildman–Crippen MR) is 163 cm³/mol. The molecule has 0 atom stereocenters. The van der Waals surface area contributed by atoms with E-state index in [1.54, 1.807) is 18.2 Å². The largest absolute Gasteiger partial charge is 0.496 e. The quantitative estimate of drug-likeness (QED) is 0.0693. The maximum atomic E-state index is 13.1. The average Bonchev–Trinajstić information content (AvgIpc) is 3.02. The zero-order valence-electron chi connectivity index (χ0n) is 23.0. The van der Waals surface area contributed by atoms with Crippen LogP contribution in [0.4, 0.5) is 21.9 Å². The van der Waals surface area contributed by atoms with Gasteiger partial charge in [-0.3, -0.25) is 15.0 Å². The summed E-state index contributed by atoms with van der Waals surface area (Å²) in [5.74, 6) is 10.4. The first-order valence-electron chi connectivity index (χ1n) is 12.6. The first kappa shape index (κ1) is 29.3. The van der Waals surface area contributed by atoms with Gasteiger partial charge in [-0.05, 0) is 47.5 Å². The van der Waals surface area contributed by atoms with Gasteiger partial charge in [0, 0.05) is 16.9 Å². The Morgan fingerprint density at radius 1 is 0.786 bits per heavy atom. The highest BCUT2D eigenvalue weighted by molar-refractivity contribution is 6.32. The van der Waals surface area contributed by atoms with Crippen LogP contribution in [0.1, 0.15) is 43.0 Å². The van der Waals surface area contributed by atoms with Crippen LogP contribution >= 0.6 is 0 Å². The number of hydrogen-bond donors (Lipinski definition) is 5. The first-order valence-corrected chi connectivity index (χ1v) is 12.6. The Morgan fingerprint density at radius 3 is 2.14 bits per heavy atom. The van der Waals surface area contributed by atoms with Gasteiger partial charge >= 0.3 is 6.03 Å². The van der Waals surface area contributed by atoms with Crippen molar-refractivity contribution in [2.45, 2.75) is 0 Å². The van der Waals surface area contributed by atoms with Gasteiger partial charge in [0.05, 0.1) is 36.6 Å². The van der Waals surface area contributed by atoms with E-state index in [9.17, 15) is 14.4 Å². The summed E-state index contributed by atoms with van der Waals surface area (Å²) < 4.78 is 10.5. The zero-order valence-corrected chi connectivity index (χ0v) is 23.0. The van der Waals surface area contributed by atoms with E-state index in [0.717, 1.165) is 22.5 Å². The number of nitrogens with two attached hydrogens (primary N) is 4. The molecule has 0 aromatic heterocycles. The fourth-order valence-corrected chi connectivity index (χ4v) is 4.45. The molecule has 214 valence electrons. The minimum Gasteiger partial charge on any atom is -0.496 e. The van der Waals surface area contributed by atoms with E-state index in [4.69, 9.17) is 32.6 Å². The molecule has 1 aliphatic carbocycles. The normalized spacial score (nSPS) is 11.6. The number of ketones is 2. The third-order valence-corrected chi connectivity index (χ3v) is 6.50. The Morgan fingerprint density at radius 2 is 1.48 bits per heavy atom. The summed E-state index contributed by atoms with van der Waals surface area (Å²) in [6.45, 7) is 0. The molecule has 4 aromatic rings. The van der Waals surface area contributed by atoms with Crippen LogP contribution < -0.4 is 43.1 Å². The van der Waals surface area contributed by atoms with Crippen molar-refractivity contribution in [1.82, 2.24) is 5.43 Å². The van der Waals surface area contributed by atoms with Gasteiger partial charge in [-0.1, -0.05) is 54.6 Å². The van der Waals surface area contributed by atoms with E-state index in [1.165, 1.54) is 32.4 Å². The van der Waals surface area contributed by atoms with Crippen LogP contribution in [-0.2, 0) is 0 Å². The van der Waals surface area contributed by atoms with Crippen LogP contribution in [0.15, 0.2) is 78.9 Å². The highest BCUT2D eigenvalue weighted by Crippen LogP contribution is 2.41. The third-order valence-electron chi connectivity index (χ3n) is 6.50. The lowest BCUT2D eigenvalue weighted by Gasteiger charge is -2.26. The van der Waals surface area contributed by atoms with Crippen molar-refractivity contribution >= 4 is 46.8 Å². The number of fused-ring (bicyclic) bond motifs is 2. The van der Waals surface area contributed by atoms with E-state index >= 15 is 0 Å². The monoisotopic (exact) mass is 566 g/mol. The summed E-state index contributed by atoms with van der Waals surface area (Å²) in [5, 5.41) is 0.661. The fraction of sp³-hybridized carbons (Fsp3) is 0.0645. The summed E-state index contributed by atoms with van der Waals surface area (Å²) in [5.41, 5.74) is 17.3. The first-order chi connectivity index (χ1) is 20.2. The Labute approximate surface area is 242 Å². The molecule has 0 bridgehead atoms. The van der Waals surface area contributed by atoms with Crippen LogP contribution in [0.25, 0.3) is 12.2 Å². The number of nitrogens with zero attached hydrogens (tertiary/aromatic N) is 1. The standard InChI is InChI=1S/C17H16N4O5.C14H14N2/c1-25-10-5-3-4-8-12(10)16(23)14-11(26-2)7-6-9(13(14)15(8)22)21(19)17(24)20-18;15-13-8-9-14(16)12(10-13)7-6-11-4-2-1-3-5-11/h3-7H,18-19H2,1-2H3,(H,20,24);1-10H,15-16H2. The Balaban J connectivity index is 0.000000216. The van der Waals surface area contributed by atoms with E-state index < -0.39 is 17.6 Å². The molecule has 11 heteroatoms. The molecule has 0 spiro atoms. The lowest BCUT2D eigenvalue weighted by Crippen LogP contribution is -2.48. The topological polar surface area (TPSA) is 189 Å². The molecule has 0 saturated heterocycles. The molecule has 11 nitrogen and oxygen atoms in total. The van der Waals surface area contributed by atoms with Gasteiger partial charge in [0.2, 0.25) is 5.78 Å². The molecule has 4 aromatic carbocycles. The van der Waals surface area contributed by atoms with Crippen molar-refractivity contribution in [3.63, 3.8) is 0 Å². The third kappa shape index (κ3) is 5.77. The summed E-state index contributed by atoms with van der Waals surface area (Å²) in [7, 11) is 2.78. The summed E-state index contributed by atoms with van der Waals surface area (Å²) >= 11 is 0. The number of methoxy groups -OCH3 is 2. The lowest BCUT2D eigenvalue weighted by atomic mass is 9.82. The highest BCUT2D eigenvalue weighted by atomic mass is 16.5. The number of benzene rings is 4. The van der Waals surface area contributed by atoms with E-state index in [-0.39, 0.29) is 39.4 Å². The number of hydrazine groups is 2.